The van der Waals surface area contributed by atoms with Crippen LogP contribution in [0.2, 0.25) is 0 Å². The summed E-state index contributed by atoms with van der Waals surface area (Å²) < 4.78 is 146. The number of rotatable bonds is 5. The average molecular weight is 348 g/mol. The number of halogens is 12. The van der Waals surface area contributed by atoms with Gasteiger partial charge in [0.15, 0.2) is 0 Å². The fourth-order valence-corrected chi connectivity index (χ4v) is 0.564. The molecule has 0 bridgehead atoms. The summed E-state index contributed by atoms with van der Waals surface area (Å²) in [5, 5.41) is 0. The molecule has 0 saturated heterocycles. The van der Waals surface area contributed by atoms with E-state index in [9.17, 15) is 52.7 Å². The van der Waals surface area contributed by atoms with E-state index in [1.807, 2.05) is 0 Å². The highest BCUT2D eigenvalue weighted by molar-refractivity contribution is 4.90. The summed E-state index contributed by atoms with van der Waals surface area (Å²) >= 11 is 0. The van der Waals surface area contributed by atoms with E-state index in [2.05, 4.69) is 9.78 Å². The van der Waals surface area contributed by atoms with Crippen LogP contribution in [-0.4, -0.2) is 36.4 Å². The fraction of sp³-hybridized carbons (Fsp3) is 1.00. The Morgan fingerprint density at radius 2 is 1.05 bits per heavy atom. The molecule has 128 valence electrons. The van der Waals surface area contributed by atoms with Crippen molar-refractivity contribution in [3.05, 3.63) is 0 Å². The van der Waals surface area contributed by atoms with E-state index in [1.54, 1.807) is 0 Å². The quantitative estimate of drug-likeness (QED) is 0.419. The molecular formula is C7H4F12O2. The highest BCUT2D eigenvalue weighted by Crippen LogP contribution is 2.48. The van der Waals surface area contributed by atoms with Gasteiger partial charge in [-0.3, -0.25) is 0 Å². The minimum absolute atomic E-state index is 0.883. The van der Waals surface area contributed by atoms with Gasteiger partial charge in [-0.25, -0.2) is 13.2 Å². The van der Waals surface area contributed by atoms with Crippen LogP contribution in [0.5, 0.6) is 0 Å². The van der Waals surface area contributed by atoms with Gasteiger partial charge in [0.1, 0.15) is 0 Å². The zero-order valence-electron chi connectivity index (χ0n) is 9.43. The van der Waals surface area contributed by atoms with Gasteiger partial charge in [0.2, 0.25) is 0 Å². The topological polar surface area (TPSA) is 18.5 Å². The number of alkyl halides is 12. The monoisotopic (exact) mass is 348 g/mol. The standard InChI is InChI=1S/C7H4F12O2/c1-3(10,5(12,13)14)7(18,19)21-20-4(11,2(8)9)6(15,16)17/h2H,1H3. The molecule has 0 aromatic heterocycles. The zero-order valence-corrected chi connectivity index (χ0v) is 9.43. The number of hydrogen-bond donors (Lipinski definition) is 0. The Bertz CT molecular complexity index is 358. The lowest BCUT2D eigenvalue weighted by atomic mass is 10.1. The van der Waals surface area contributed by atoms with Crippen LogP contribution < -0.4 is 0 Å². The van der Waals surface area contributed by atoms with Crippen molar-refractivity contribution in [2.45, 2.75) is 43.3 Å². The molecule has 0 saturated carbocycles. The summed E-state index contributed by atoms with van der Waals surface area (Å²) in [6, 6.07) is 0. The second-order valence-electron chi connectivity index (χ2n) is 3.63. The van der Waals surface area contributed by atoms with Crippen LogP contribution >= 0.6 is 0 Å². The molecule has 0 aliphatic carbocycles. The maximum absolute atomic E-state index is 12.8. The molecule has 0 rings (SSSR count). The van der Waals surface area contributed by atoms with Crippen molar-refractivity contribution in [2.75, 3.05) is 0 Å². The van der Waals surface area contributed by atoms with Gasteiger partial charge in [-0.05, 0) is 6.92 Å². The molecule has 2 unspecified atom stereocenters. The summed E-state index contributed by atoms with van der Waals surface area (Å²) in [6.45, 7) is -0.883. The van der Waals surface area contributed by atoms with Crippen LogP contribution in [0, 0.1) is 0 Å². The molecule has 2 atom stereocenters. The average Bonchev–Trinajstić information content (AvgIpc) is 2.22. The van der Waals surface area contributed by atoms with E-state index < -0.39 is 43.3 Å². The van der Waals surface area contributed by atoms with Crippen molar-refractivity contribution >= 4 is 0 Å². The minimum Gasteiger partial charge on any atom is -0.224 e. The van der Waals surface area contributed by atoms with Gasteiger partial charge < -0.3 is 0 Å². The Kier molecular flexibility index (Phi) is 5.13. The smallest absolute Gasteiger partial charge is 0.224 e. The largest absolute Gasteiger partial charge is 0.457 e. The third kappa shape index (κ3) is 3.64. The predicted octanol–water partition coefficient (Wildman–Crippen LogP) is 4.31. The normalized spacial score (nSPS) is 20.3. The first-order valence-corrected chi connectivity index (χ1v) is 4.44. The fourth-order valence-electron chi connectivity index (χ4n) is 0.564. The van der Waals surface area contributed by atoms with Crippen molar-refractivity contribution in [3.63, 3.8) is 0 Å². The molecular weight excluding hydrogens is 344 g/mol. The van der Waals surface area contributed by atoms with Crippen molar-refractivity contribution < 1.29 is 62.5 Å². The first kappa shape index (κ1) is 20.1. The van der Waals surface area contributed by atoms with Crippen LogP contribution in [0.4, 0.5) is 52.7 Å². The molecule has 0 aliphatic heterocycles. The maximum atomic E-state index is 12.8. The molecule has 0 N–H and O–H groups in total. The lowest BCUT2D eigenvalue weighted by Gasteiger charge is -2.32. The second kappa shape index (κ2) is 5.37. The van der Waals surface area contributed by atoms with Gasteiger partial charge in [-0.15, -0.1) is 0 Å². The van der Waals surface area contributed by atoms with Crippen LogP contribution in [0.25, 0.3) is 0 Å². The van der Waals surface area contributed by atoms with Crippen LogP contribution in [0.3, 0.4) is 0 Å². The molecule has 0 amide bonds. The molecule has 0 spiro atoms. The van der Waals surface area contributed by atoms with Gasteiger partial charge >= 0.3 is 30.7 Å². The predicted molar refractivity (Wildman–Crippen MR) is 38.6 cm³/mol. The molecule has 0 fully saturated rings. The van der Waals surface area contributed by atoms with Crippen molar-refractivity contribution in [3.8, 4) is 0 Å². The van der Waals surface area contributed by atoms with Gasteiger partial charge in [0, 0.05) is 0 Å². The number of hydrogen-bond acceptors (Lipinski definition) is 2. The Labute approximate surface area is 107 Å². The minimum atomic E-state index is -6.65. The third-order valence-electron chi connectivity index (χ3n) is 2.01. The molecule has 0 heterocycles. The zero-order chi connectivity index (χ0) is 17.5. The van der Waals surface area contributed by atoms with E-state index in [0.717, 1.165) is 0 Å². The highest BCUT2D eigenvalue weighted by atomic mass is 19.4. The molecule has 14 heteroatoms. The second-order valence-corrected chi connectivity index (χ2v) is 3.63. The van der Waals surface area contributed by atoms with Crippen molar-refractivity contribution in [1.29, 1.82) is 0 Å². The van der Waals surface area contributed by atoms with Gasteiger partial charge in [-0.2, -0.15) is 49.3 Å². The lowest BCUT2D eigenvalue weighted by Crippen LogP contribution is -2.57. The Morgan fingerprint density at radius 1 is 0.667 bits per heavy atom. The molecule has 2 nitrogen and oxygen atoms in total. The Hall–Kier alpha value is -0.920. The van der Waals surface area contributed by atoms with Crippen molar-refractivity contribution in [1.82, 2.24) is 0 Å². The van der Waals surface area contributed by atoms with E-state index in [4.69, 9.17) is 0 Å². The van der Waals surface area contributed by atoms with E-state index in [1.165, 1.54) is 0 Å². The maximum Gasteiger partial charge on any atom is 0.457 e. The third-order valence-corrected chi connectivity index (χ3v) is 2.01. The Balaban J connectivity index is 5.31. The summed E-state index contributed by atoms with van der Waals surface area (Å²) in [6.07, 6.45) is -24.4. The highest BCUT2D eigenvalue weighted by Gasteiger charge is 2.73. The van der Waals surface area contributed by atoms with E-state index >= 15 is 0 Å². The molecule has 0 aromatic carbocycles. The Morgan fingerprint density at radius 3 is 1.29 bits per heavy atom. The molecule has 21 heavy (non-hydrogen) atoms. The van der Waals surface area contributed by atoms with Crippen LogP contribution in [0.15, 0.2) is 0 Å². The van der Waals surface area contributed by atoms with Gasteiger partial charge in [0.05, 0.1) is 0 Å². The first-order chi connectivity index (χ1) is 8.90. The summed E-state index contributed by atoms with van der Waals surface area (Å²) in [7, 11) is 0. The molecule has 0 radical (unpaired) electrons. The summed E-state index contributed by atoms with van der Waals surface area (Å²) in [5.74, 6) is -6.18. The van der Waals surface area contributed by atoms with E-state index in [0.29, 0.717) is 0 Å². The first-order valence-electron chi connectivity index (χ1n) is 4.44. The summed E-state index contributed by atoms with van der Waals surface area (Å²) in [5.41, 5.74) is -5.64. The molecule has 0 aromatic rings. The SMILES string of the molecule is CC(F)(C(F)(F)F)C(F)(F)OOC(F)(C(F)F)C(F)(F)F. The molecule has 0 aliphatic rings. The lowest BCUT2D eigenvalue weighted by molar-refractivity contribution is -0.564. The van der Waals surface area contributed by atoms with Crippen molar-refractivity contribution in [2.24, 2.45) is 0 Å². The van der Waals surface area contributed by atoms with Gasteiger partial charge in [0.25, 0.3) is 5.67 Å². The van der Waals surface area contributed by atoms with Gasteiger partial charge in [-0.1, -0.05) is 0 Å². The van der Waals surface area contributed by atoms with Crippen LogP contribution in [0.1, 0.15) is 6.92 Å². The summed E-state index contributed by atoms with van der Waals surface area (Å²) in [4.78, 5) is 4.14. The van der Waals surface area contributed by atoms with E-state index in [-0.39, 0.29) is 0 Å². The van der Waals surface area contributed by atoms with Crippen LogP contribution in [-0.2, 0) is 9.78 Å².